The number of halogens is 1. The molecule has 0 atom stereocenters. The summed E-state index contributed by atoms with van der Waals surface area (Å²) in [4.78, 5) is 43.1. The van der Waals surface area contributed by atoms with Crippen molar-refractivity contribution in [3.8, 4) is 11.1 Å². The van der Waals surface area contributed by atoms with Crippen molar-refractivity contribution >= 4 is 46.3 Å². The highest BCUT2D eigenvalue weighted by atomic mass is 35.5. The summed E-state index contributed by atoms with van der Waals surface area (Å²) in [5.74, 6) is -0.162. The van der Waals surface area contributed by atoms with Crippen molar-refractivity contribution < 1.29 is 14.4 Å². The van der Waals surface area contributed by atoms with Gasteiger partial charge in [0.25, 0.3) is 5.91 Å². The number of nitrogens with zero attached hydrogens (tertiary/aromatic N) is 2. The number of rotatable bonds is 7. The zero-order valence-electron chi connectivity index (χ0n) is 19.4. The third-order valence-corrected chi connectivity index (χ3v) is 7.39. The molecular weight excluding hydrogens is 484 g/mol. The molecule has 4 rings (SSSR count). The number of hydrogen-bond donors (Lipinski definition) is 2. The molecular formula is C26H27ClN4O3S. The van der Waals surface area contributed by atoms with Crippen LogP contribution in [0.3, 0.4) is 0 Å². The molecule has 0 unspecified atom stereocenters. The van der Waals surface area contributed by atoms with Gasteiger partial charge in [-0.1, -0.05) is 41.9 Å². The molecule has 1 aliphatic heterocycles. The summed E-state index contributed by atoms with van der Waals surface area (Å²) in [6.45, 7) is 1.26. The largest absolute Gasteiger partial charge is 0.359 e. The summed E-state index contributed by atoms with van der Waals surface area (Å²) in [5.41, 5.74) is 2.96. The maximum Gasteiger partial charge on any atom is 0.275 e. The Balaban J connectivity index is 1.36. The van der Waals surface area contributed by atoms with Crippen molar-refractivity contribution in [1.82, 2.24) is 15.2 Å². The fourth-order valence-electron chi connectivity index (χ4n) is 4.12. The molecule has 7 nitrogen and oxygen atoms in total. The van der Waals surface area contributed by atoms with Gasteiger partial charge in [-0.2, -0.15) is 0 Å². The first-order chi connectivity index (χ1) is 16.9. The number of benzene rings is 2. The predicted molar refractivity (Wildman–Crippen MR) is 139 cm³/mol. The molecule has 1 aromatic heterocycles. The number of amides is 3. The van der Waals surface area contributed by atoms with Gasteiger partial charge >= 0.3 is 0 Å². The fraction of sp³-hybridized carbons (Fsp3) is 0.308. The van der Waals surface area contributed by atoms with Crippen LogP contribution in [0.4, 0.5) is 5.69 Å². The molecule has 35 heavy (non-hydrogen) atoms. The van der Waals surface area contributed by atoms with Crippen molar-refractivity contribution in [3.05, 3.63) is 69.6 Å². The van der Waals surface area contributed by atoms with E-state index in [-0.39, 0.29) is 36.5 Å². The van der Waals surface area contributed by atoms with Crippen LogP contribution in [-0.4, -0.2) is 47.7 Å². The van der Waals surface area contributed by atoms with Gasteiger partial charge in [0.2, 0.25) is 11.8 Å². The standard InChI is InChI=1S/C26H27ClN4O3S/c1-28-23(32)10-11-24(33)31-14-12-18(13-15-31)26-30-22(16-35-26)25(34)29-21-5-3-2-4-20(21)17-6-8-19(27)9-7-17/h2-9,16,18H,10-15H2,1H3,(H,28,32)(H,29,34). The minimum Gasteiger partial charge on any atom is -0.359 e. The van der Waals surface area contributed by atoms with Crippen molar-refractivity contribution in [3.63, 3.8) is 0 Å². The van der Waals surface area contributed by atoms with Gasteiger partial charge in [-0.05, 0) is 36.6 Å². The second-order valence-electron chi connectivity index (χ2n) is 8.41. The van der Waals surface area contributed by atoms with Crippen LogP contribution in [0.25, 0.3) is 11.1 Å². The van der Waals surface area contributed by atoms with E-state index in [2.05, 4.69) is 15.6 Å². The highest BCUT2D eigenvalue weighted by molar-refractivity contribution is 7.10. The second kappa shape index (κ2) is 11.5. The lowest BCUT2D eigenvalue weighted by Gasteiger charge is -2.31. The zero-order chi connectivity index (χ0) is 24.8. The smallest absolute Gasteiger partial charge is 0.275 e. The lowest BCUT2D eigenvalue weighted by molar-refractivity contribution is -0.134. The summed E-state index contributed by atoms with van der Waals surface area (Å²) in [6, 6.07) is 15.1. The Morgan fingerprint density at radius 2 is 1.77 bits per heavy atom. The average Bonchev–Trinajstić information content (AvgIpc) is 3.39. The fourth-order valence-corrected chi connectivity index (χ4v) is 5.22. The molecule has 2 N–H and O–H groups in total. The number of hydrogen-bond acceptors (Lipinski definition) is 5. The van der Waals surface area contributed by atoms with E-state index in [1.165, 1.54) is 11.3 Å². The molecule has 1 fully saturated rings. The molecule has 1 aliphatic rings. The van der Waals surface area contributed by atoms with Crippen LogP contribution in [0, 0.1) is 0 Å². The van der Waals surface area contributed by atoms with Crippen LogP contribution in [0.1, 0.15) is 47.1 Å². The summed E-state index contributed by atoms with van der Waals surface area (Å²) in [5, 5.41) is 8.89. The number of aromatic nitrogens is 1. The minimum atomic E-state index is -0.254. The number of anilines is 1. The van der Waals surface area contributed by atoms with Crippen molar-refractivity contribution in [2.24, 2.45) is 0 Å². The quantitative estimate of drug-likeness (QED) is 0.470. The molecule has 3 aromatic rings. The number of thiazole rings is 1. The molecule has 3 amide bonds. The van der Waals surface area contributed by atoms with Crippen LogP contribution < -0.4 is 10.6 Å². The molecule has 2 aromatic carbocycles. The summed E-state index contributed by atoms with van der Waals surface area (Å²) in [6.07, 6.45) is 2.02. The van der Waals surface area contributed by atoms with E-state index in [9.17, 15) is 14.4 Å². The normalized spacial score (nSPS) is 13.9. The van der Waals surface area contributed by atoms with Gasteiger partial charge in [-0.25, -0.2) is 4.98 Å². The van der Waals surface area contributed by atoms with Gasteiger partial charge in [-0.15, -0.1) is 11.3 Å². The van der Waals surface area contributed by atoms with Crippen LogP contribution in [-0.2, 0) is 9.59 Å². The SMILES string of the molecule is CNC(=O)CCC(=O)N1CCC(c2nc(C(=O)Nc3ccccc3-c3ccc(Cl)cc3)cs2)CC1. The van der Waals surface area contributed by atoms with Gasteiger partial charge in [0.1, 0.15) is 5.69 Å². The molecule has 0 spiro atoms. The van der Waals surface area contributed by atoms with E-state index in [0.29, 0.717) is 29.5 Å². The third-order valence-electron chi connectivity index (χ3n) is 6.13. The molecule has 0 bridgehead atoms. The zero-order valence-corrected chi connectivity index (χ0v) is 21.0. The Bertz CT molecular complexity index is 1200. The molecule has 0 radical (unpaired) electrons. The van der Waals surface area contributed by atoms with Crippen molar-refractivity contribution in [2.75, 3.05) is 25.5 Å². The highest BCUT2D eigenvalue weighted by Crippen LogP contribution is 2.32. The van der Waals surface area contributed by atoms with Gasteiger partial charge < -0.3 is 15.5 Å². The first-order valence-electron chi connectivity index (χ1n) is 11.5. The topological polar surface area (TPSA) is 91.4 Å². The van der Waals surface area contributed by atoms with Crippen LogP contribution >= 0.6 is 22.9 Å². The van der Waals surface area contributed by atoms with E-state index in [1.807, 2.05) is 53.4 Å². The lowest BCUT2D eigenvalue weighted by atomic mass is 9.97. The summed E-state index contributed by atoms with van der Waals surface area (Å²) in [7, 11) is 1.57. The Labute approximate surface area is 213 Å². The van der Waals surface area contributed by atoms with Gasteiger partial charge in [-0.3, -0.25) is 14.4 Å². The van der Waals surface area contributed by atoms with E-state index in [0.717, 1.165) is 29.0 Å². The van der Waals surface area contributed by atoms with E-state index >= 15 is 0 Å². The van der Waals surface area contributed by atoms with Crippen LogP contribution in [0.5, 0.6) is 0 Å². The number of likely N-dealkylation sites (tertiary alicyclic amines) is 1. The molecule has 2 heterocycles. The molecule has 9 heteroatoms. The first kappa shape index (κ1) is 24.9. The maximum atomic E-state index is 13.0. The average molecular weight is 511 g/mol. The van der Waals surface area contributed by atoms with Crippen molar-refractivity contribution in [1.29, 1.82) is 0 Å². The van der Waals surface area contributed by atoms with Gasteiger partial charge in [0.05, 0.1) is 5.01 Å². The number of carbonyl (C=O) groups excluding carboxylic acids is 3. The third kappa shape index (κ3) is 6.26. The number of nitrogens with one attached hydrogen (secondary N) is 2. The summed E-state index contributed by atoms with van der Waals surface area (Å²) >= 11 is 7.49. The second-order valence-corrected chi connectivity index (χ2v) is 9.73. The first-order valence-corrected chi connectivity index (χ1v) is 12.8. The molecule has 0 aliphatic carbocycles. The predicted octanol–water partition coefficient (Wildman–Crippen LogP) is 4.95. The molecule has 182 valence electrons. The van der Waals surface area contributed by atoms with E-state index < -0.39 is 0 Å². The number of para-hydroxylation sites is 1. The summed E-state index contributed by atoms with van der Waals surface area (Å²) < 4.78 is 0. The van der Waals surface area contributed by atoms with Crippen molar-refractivity contribution in [2.45, 2.75) is 31.6 Å². The molecule has 0 saturated carbocycles. The Kier molecular flexibility index (Phi) is 8.15. The molecule has 1 saturated heterocycles. The monoisotopic (exact) mass is 510 g/mol. The van der Waals surface area contributed by atoms with Gasteiger partial charge in [0.15, 0.2) is 0 Å². The highest BCUT2D eigenvalue weighted by Gasteiger charge is 2.26. The van der Waals surface area contributed by atoms with E-state index in [4.69, 9.17) is 11.6 Å². The Morgan fingerprint density at radius 1 is 1.06 bits per heavy atom. The van der Waals surface area contributed by atoms with Crippen LogP contribution in [0.2, 0.25) is 5.02 Å². The lowest BCUT2D eigenvalue weighted by Crippen LogP contribution is -2.38. The maximum absolute atomic E-state index is 13.0. The number of carbonyl (C=O) groups is 3. The minimum absolute atomic E-state index is 0.00519. The van der Waals surface area contributed by atoms with Crippen LogP contribution in [0.15, 0.2) is 53.9 Å². The Morgan fingerprint density at radius 3 is 2.49 bits per heavy atom. The van der Waals surface area contributed by atoms with Gasteiger partial charge in [0, 0.05) is 60.6 Å². The van der Waals surface area contributed by atoms with E-state index in [1.54, 1.807) is 12.4 Å². The Hall–Kier alpha value is -3.23. The number of piperidine rings is 1.